The molecule has 0 saturated heterocycles. The molecule has 4 aromatic rings. The summed E-state index contributed by atoms with van der Waals surface area (Å²) in [6, 6.07) is 34.8. The van der Waals surface area contributed by atoms with Crippen molar-refractivity contribution in [3.8, 4) is 0 Å². The monoisotopic (exact) mass is 552 g/mol. The molecule has 0 radical (unpaired) electrons. The Balaban J connectivity index is 0.000000265. The molecule has 0 bridgehead atoms. The van der Waals surface area contributed by atoms with Crippen molar-refractivity contribution in [3.63, 3.8) is 0 Å². The SMILES string of the molecule is CC(C)c1ccccc1.CC(C)c1ccccc1.CCCC(C)(c1ccc(C(=O)O)cc1)c1ccc(C(=O)O)cc1. The van der Waals surface area contributed by atoms with Gasteiger partial charge in [-0.25, -0.2) is 9.59 Å². The lowest BCUT2D eigenvalue weighted by molar-refractivity contribution is 0.0686. The van der Waals surface area contributed by atoms with Crippen LogP contribution in [0, 0.1) is 0 Å². The molecule has 0 amide bonds. The zero-order valence-electron chi connectivity index (χ0n) is 25.2. The van der Waals surface area contributed by atoms with Gasteiger partial charge in [-0.1, -0.05) is 133 Å². The summed E-state index contributed by atoms with van der Waals surface area (Å²) in [5.74, 6) is -0.573. The Bertz CT molecular complexity index is 1220. The largest absolute Gasteiger partial charge is 0.478 e. The molecule has 0 saturated carbocycles. The van der Waals surface area contributed by atoms with E-state index in [0.29, 0.717) is 11.8 Å². The number of rotatable bonds is 8. The molecule has 4 rings (SSSR count). The molecule has 4 heteroatoms. The number of aromatic carboxylic acids is 2. The van der Waals surface area contributed by atoms with Gasteiger partial charge in [0.2, 0.25) is 0 Å². The Hall–Kier alpha value is -4.18. The summed E-state index contributed by atoms with van der Waals surface area (Å²) in [5, 5.41) is 18.1. The molecule has 0 aliphatic rings. The van der Waals surface area contributed by atoms with Crippen LogP contribution >= 0.6 is 0 Å². The molecule has 0 spiro atoms. The minimum Gasteiger partial charge on any atom is -0.478 e. The van der Waals surface area contributed by atoms with E-state index in [1.54, 1.807) is 24.3 Å². The van der Waals surface area contributed by atoms with Gasteiger partial charge in [0.1, 0.15) is 0 Å². The zero-order chi connectivity index (χ0) is 30.4. The first-order valence-corrected chi connectivity index (χ1v) is 14.3. The number of hydrogen-bond acceptors (Lipinski definition) is 2. The molecule has 0 aliphatic heterocycles. The van der Waals surface area contributed by atoms with Crippen molar-refractivity contribution in [2.75, 3.05) is 0 Å². The van der Waals surface area contributed by atoms with Gasteiger partial charge in [-0.3, -0.25) is 0 Å². The van der Waals surface area contributed by atoms with Crippen LogP contribution in [0.1, 0.15) is 109 Å². The van der Waals surface area contributed by atoms with Crippen LogP contribution in [0.2, 0.25) is 0 Å². The first kappa shape index (κ1) is 33.0. The molecule has 4 nitrogen and oxygen atoms in total. The molecule has 0 unspecified atom stereocenters. The van der Waals surface area contributed by atoms with Crippen molar-refractivity contribution >= 4 is 11.9 Å². The van der Waals surface area contributed by atoms with Crippen molar-refractivity contribution in [2.45, 2.75) is 71.6 Å². The van der Waals surface area contributed by atoms with E-state index in [9.17, 15) is 9.59 Å². The van der Waals surface area contributed by atoms with Gasteiger partial charge < -0.3 is 10.2 Å². The molecule has 4 aromatic carbocycles. The van der Waals surface area contributed by atoms with E-state index in [-0.39, 0.29) is 16.5 Å². The first-order chi connectivity index (χ1) is 19.5. The van der Waals surface area contributed by atoms with Crippen molar-refractivity contribution in [1.29, 1.82) is 0 Å². The lowest BCUT2D eigenvalue weighted by Crippen LogP contribution is -2.23. The average Bonchev–Trinajstić information content (AvgIpc) is 2.99. The van der Waals surface area contributed by atoms with E-state index in [0.717, 1.165) is 24.0 Å². The maximum absolute atomic E-state index is 11.0. The molecule has 0 heterocycles. The quantitative estimate of drug-likeness (QED) is 0.228. The number of carboxylic acids is 2. The van der Waals surface area contributed by atoms with Crippen LogP contribution in [0.4, 0.5) is 0 Å². The fourth-order valence-electron chi connectivity index (χ4n) is 4.59. The second kappa shape index (κ2) is 16.2. The van der Waals surface area contributed by atoms with Gasteiger partial charge in [-0.05, 0) is 64.8 Å². The Kier molecular flexibility index (Phi) is 13.0. The predicted molar refractivity (Wildman–Crippen MR) is 169 cm³/mol. The van der Waals surface area contributed by atoms with E-state index < -0.39 is 11.9 Å². The summed E-state index contributed by atoms with van der Waals surface area (Å²) in [5.41, 5.74) is 5.10. The van der Waals surface area contributed by atoms with Crippen molar-refractivity contribution in [1.82, 2.24) is 0 Å². The topological polar surface area (TPSA) is 74.6 Å². The highest BCUT2D eigenvalue weighted by atomic mass is 16.4. The van der Waals surface area contributed by atoms with Crippen molar-refractivity contribution < 1.29 is 19.8 Å². The smallest absolute Gasteiger partial charge is 0.335 e. The molecular weight excluding hydrogens is 508 g/mol. The van der Waals surface area contributed by atoms with E-state index in [2.05, 4.69) is 90.1 Å². The van der Waals surface area contributed by atoms with E-state index >= 15 is 0 Å². The molecule has 2 N–H and O–H groups in total. The minimum atomic E-state index is -0.945. The standard InChI is InChI=1S/C19H20O4.2C9H12/c1-3-12-19(2,15-8-4-13(5-9-15)17(20)21)16-10-6-14(7-11-16)18(22)23;2*1-8(2)9-6-4-3-5-7-9/h4-11H,3,12H2,1-2H3,(H,20,21)(H,22,23);2*3-8H,1-2H3. The lowest BCUT2D eigenvalue weighted by atomic mass is 9.73. The van der Waals surface area contributed by atoms with Crippen LogP contribution < -0.4 is 0 Å². The predicted octanol–water partition coefficient (Wildman–Crippen LogP) is 9.81. The summed E-state index contributed by atoms with van der Waals surface area (Å²) in [6.45, 7) is 13.0. The Labute approximate surface area is 245 Å². The number of hydrogen-bond donors (Lipinski definition) is 2. The number of carboxylic acid groups (broad SMARTS) is 2. The van der Waals surface area contributed by atoms with Gasteiger partial charge in [0.15, 0.2) is 0 Å². The fraction of sp³-hybridized carbons (Fsp3) is 0.297. The number of carbonyl (C=O) groups is 2. The second-order valence-electron chi connectivity index (χ2n) is 11.0. The maximum Gasteiger partial charge on any atom is 0.335 e. The molecular formula is C37H44O4. The molecule has 0 aliphatic carbocycles. The van der Waals surface area contributed by atoms with Crippen LogP contribution in [-0.4, -0.2) is 22.2 Å². The third-order valence-corrected chi connectivity index (χ3v) is 7.22. The van der Waals surface area contributed by atoms with Crippen LogP contribution in [0.5, 0.6) is 0 Å². The fourth-order valence-corrected chi connectivity index (χ4v) is 4.59. The Morgan fingerprint density at radius 2 is 0.902 bits per heavy atom. The minimum absolute atomic E-state index is 0.258. The van der Waals surface area contributed by atoms with Crippen LogP contribution in [-0.2, 0) is 5.41 Å². The third kappa shape index (κ3) is 10.1. The van der Waals surface area contributed by atoms with Crippen LogP contribution in [0.3, 0.4) is 0 Å². The average molecular weight is 553 g/mol. The highest BCUT2D eigenvalue weighted by Gasteiger charge is 2.28. The zero-order valence-corrected chi connectivity index (χ0v) is 25.2. The summed E-state index contributed by atoms with van der Waals surface area (Å²) in [7, 11) is 0. The Morgan fingerprint density at radius 3 is 1.12 bits per heavy atom. The summed E-state index contributed by atoms with van der Waals surface area (Å²) >= 11 is 0. The lowest BCUT2D eigenvalue weighted by Gasteiger charge is -2.31. The van der Waals surface area contributed by atoms with E-state index in [1.165, 1.54) is 11.1 Å². The van der Waals surface area contributed by atoms with Crippen LogP contribution in [0.25, 0.3) is 0 Å². The molecule has 0 fully saturated rings. The van der Waals surface area contributed by atoms with E-state index in [1.807, 2.05) is 36.4 Å². The number of benzene rings is 4. The highest BCUT2D eigenvalue weighted by molar-refractivity contribution is 5.88. The van der Waals surface area contributed by atoms with Gasteiger partial charge in [-0.2, -0.15) is 0 Å². The van der Waals surface area contributed by atoms with Gasteiger partial charge in [-0.15, -0.1) is 0 Å². The second-order valence-corrected chi connectivity index (χ2v) is 11.0. The third-order valence-electron chi connectivity index (χ3n) is 7.22. The highest BCUT2D eigenvalue weighted by Crippen LogP contribution is 2.36. The van der Waals surface area contributed by atoms with Gasteiger partial charge >= 0.3 is 11.9 Å². The Morgan fingerprint density at radius 1 is 0.585 bits per heavy atom. The first-order valence-electron chi connectivity index (χ1n) is 14.3. The molecule has 0 atom stereocenters. The molecule has 216 valence electrons. The van der Waals surface area contributed by atoms with Gasteiger partial charge in [0, 0.05) is 5.41 Å². The summed E-state index contributed by atoms with van der Waals surface area (Å²) in [4.78, 5) is 22.0. The normalized spacial score (nSPS) is 10.7. The summed E-state index contributed by atoms with van der Waals surface area (Å²) in [6.07, 6.45) is 1.84. The molecule has 0 aromatic heterocycles. The summed E-state index contributed by atoms with van der Waals surface area (Å²) < 4.78 is 0. The van der Waals surface area contributed by atoms with Crippen LogP contribution in [0.15, 0.2) is 109 Å². The van der Waals surface area contributed by atoms with E-state index in [4.69, 9.17) is 10.2 Å². The van der Waals surface area contributed by atoms with Crippen molar-refractivity contribution in [3.05, 3.63) is 143 Å². The maximum atomic E-state index is 11.0. The van der Waals surface area contributed by atoms with Gasteiger partial charge in [0.25, 0.3) is 0 Å². The van der Waals surface area contributed by atoms with Crippen molar-refractivity contribution in [2.24, 2.45) is 0 Å². The molecule has 41 heavy (non-hydrogen) atoms. The van der Waals surface area contributed by atoms with Gasteiger partial charge in [0.05, 0.1) is 11.1 Å².